The zero-order valence-corrected chi connectivity index (χ0v) is 15.0. The van der Waals surface area contributed by atoms with E-state index < -0.39 is 13.8 Å². The van der Waals surface area contributed by atoms with E-state index in [0.29, 0.717) is 16.6 Å². The van der Waals surface area contributed by atoms with Crippen LogP contribution in [0.25, 0.3) is 49.3 Å². The third-order valence-corrected chi connectivity index (χ3v) is 5.59. The first kappa shape index (κ1) is 10.7. The summed E-state index contributed by atoms with van der Waals surface area (Å²) in [7, 11) is 0. The third kappa shape index (κ3) is 1.97. The Morgan fingerprint density at radius 3 is 2.07 bits per heavy atom. The van der Waals surface area contributed by atoms with Crippen molar-refractivity contribution in [3.05, 3.63) is 90.5 Å². The van der Waals surface area contributed by atoms with Gasteiger partial charge in [0.25, 0.3) is 0 Å². The Hall–Kier alpha value is -3.52. The third-order valence-electron chi connectivity index (χ3n) is 5.59. The maximum Gasteiger partial charge on any atom is 0.0541 e. The fraction of sp³-hybridized carbons (Fsp3) is 0.0769. The molecule has 0 saturated carbocycles. The van der Waals surface area contributed by atoms with Crippen LogP contribution in [0.2, 0.25) is 0 Å². The number of benzene rings is 4. The van der Waals surface area contributed by atoms with Crippen molar-refractivity contribution in [2.45, 2.75) is 6.85 Å². The number of hydrogen-bond donors (Lipinski definition) is 0. The quantitative estimate of drug-likeness (QED) is 0.305. The van der Waals surface area contributed by atoms with E-state index in [9.17, 15) is 0 Å². The predicted octanol–water partition coefficient (Wildman–Crippen LogP) is 6.74. The van der Waals surface area contributed by atoms with Crippen LogP contribution in [0, 0.1) is 6.85 Å². The summed E-state index contributed by atoms with van der Waals surface area (Å²) in [4.78, 5) is 0. The van der Waals surface area contributed by atoms with Crippen LogP contribution in [0.5, 0.6) is 0 Å². The van der Waals surface area contributed by atoms with Crippen molar-refractivity contribution in [3.63, 3.8) is 0 Å². The standard InChI is InChI=1S/C26H20N2/c1-17-11-13-26-21(15-17)20-8-4-6-10-25(20)28(26)18-12-14-24-22(16-18)19-7-3-5-9-23(19)27(24)2/h3-16H,1-2H3/i1D3,2D3. The molecule has 0 amide bonds. The van der Waals surface area contributed by atoms with Crippen molar-refractivity contribution < 1.29 is 8.22 Å². The van der Waals surface area contributed by atoms with Gasteiger partial charge in [-0.15, -0.1) is 0 Å². The molecule has 2 nitrogen and oxygen atoms in total. The Balaban J connectivity index is 1.70. The van der Waals surface area contributed by atoms with E-state index in [2.05, 4.69) is 4.57 Å². The van der Waals surface area contributed by atoms with Gasteiger partial charge < -0.3 is 9.13 Å². The molecule has 6 rings (SSSR count). The van der Waals surface area contributed by atoms with Gasteiger partial charge in [-0.2, -0.15) is 0 Å². The number of fused-ring (bicyclic) bond motifs is 6. The molecule has 0 bridgehead atoms. The number of aryl methyl sites for hydroxylation is 2. The molecule has 0 fully saturated rings. The summed E-state index contributed by atoms with van der Waals surface area (Å²) in [6, 6.07) is 26.5. The molecule has 28 heavy (non-hydrogen) atoms. The van der Waals surface area contributed by atoms with Crippen LogP contribution in [-0.4, -0.2) is 9.13 Å². The molecule has 0 aliphatic rings. The second kappa shape index (κ2) is 5.49. The molecule has 0 N–H and O–H groups in total. The lowest BCUT2D eigenvalue weighted by Crippen LogP contribution is -1.94. The molecule has 2 heterocycles. The molecule has 2 aromatic heterocycles. The van der Waals surface area contributed by atoms with Crippen LogP contribution in [-0.2, 0) is 6.98 Å². The minimum atomic E-state index is -2.30. The van der Waals surface area contributed by atoms with Crippen LogP contribution in [0.3, 0.4) is 0 Å². The summed E-state index contributed by atoms with van der Waals surface area (Å²) in [5, 5.41) is 3.57. The molecular formula is C26H20N2. The highest BCUT2D eigenvalue weighted by Crippen LogP contribution is 2.35. The summed E-state index contributed by atoms with van der Waals surface area (Å²) in [5.74, 6) is 0. The molecule has 0 atom stereocenters. The molecule has 134 valence electrons. The van der Waals surface area contributed by atoms with E-state index in [1.165, 1.54) is 4.57 Å². The van der Waals surface area contributed by atoms with Crippen molar-refractivity contribution >= 4 is 43.6 Å². The Morgan fingerprint density at radius 2 is 1.25 bits per heavy atom. The minimum Gasteiger partial charge on any atom is -0.344 e. The highest BCUT2D eigenvalue weighted by atomic mass is 15.0. The number of para-hydroxylation sites is 2. The first-order valence-electron chi connectivity index (χ1n) is 12.2. The highest BCUT2D eigenvalue weighted by molar-refractivity contribution is 6.11. The summed E-state index contributed by atoms with van der Waals surface area (Å²) in [6.07, 6.45) is 0. The lowest BCUT2D eigenvalue weighted by atomic mass is 10.1. The average Bonchev–Trinajstić information content (AvgIpc) is 3.30. The predicted molar refractivity (Wildman–Crippen MR) is 120 cm³/mol. The molecule has 0 aliphatic heterocycles. The molecule has 2 heteroatoms. The van der Waals surface area contributed by atoms with Crippen LogP contribution >= 0.6 is 0 Å². The Bertz CT molecular complexity index is 1730. The molecule has 0 radical (unpaired) electrons. The minimum absolute atomic E-state index is 0.305. The lowest BCUT2D eigenvalue weighted by Gasteiger charge is -2.09. The van der Waals surface area contributed by atoms with Gasteiger partial charge in [0.2, 0.25) is 0 Å². The van der Waals surface area contributed by atoms with Gasteiger partial charge in [-0.3, -0.25) is 0 Å². The molecule has 0 saturated heterocycles. The van der Waals surface area contributed by atoms with Crippen molar-refractivity contribution in [1.29, 1.82) is 0 Å². The van der Waals surface area contributed by atoms with Crippen LogP contribution < -0.4 is 0 Å². The largest absolute Gasteiger partial charge is 0.344 e. The Kier molecular flexibility index (Phi) is 2.10. The maximum atomic E-state index is 8.08. The fourth-order valence-electron chi connectivity index (χ4n) is 4.35. The molecular weight excluding hydrogens is 340 g/mol. The number of nitrogens with zero attached hydrogens (tertiary/aromatic N) is 2. The van der Waals surface area contributed by atoms with E-state index >= 15 is 0 Å². The van der Waals surface area contributed by atoms with Gasteiger partial charge in [0, 0.05) is 53.5 Å². The monoisotopic (exact) mass is 366 g/mol. The van der Waals surface area contributed by atoms with Gasteiger partial charge in [-0.05, 0) is 49.3 Å². The van der Waals surface area contributed by atoms with E-state index in [4.69, 9.17) is 8.22 Å². The van der Waals surface area contributed by atoms with Crippen LogP contribution in [0.1, 0.15) is 13.8 Å². The highest BCUT2D eigenvalue weighted by Gasteiger charge is 2.14. The van der Waals surface area contributed by atoms with E-state index in [1.54, 1.807) is 12.1 Å². The zero-order chi connectivity index (χ0) is 23.8. The first-order valence-corrected chi connectivity index (χ1v) is 9.22. The molecule has 0 aliphatic carbocycles. The SMILES string of the molecule is [2H]C([2H])([2H])c1ccc2c(c1)c1ccccc1n2-c1ccc2c(c1)c1ccccc1n2C([2H])([2H])[2H]. The van der Waals surface area contributed by atoms with Gasteiger partial charge in [-0.1, -0.05) is 48.0 Å². The number of rotatable bonds is 1. The topological polar surface area (TPSA) is 9.86 Å². The Labute approximate surface area is 171 Å². The molecule has 6 aromatic rings. The first-order chi connectivity index (χ1) is 16.1. The van der Waals surface area contributed by atoms with E-state index in [1.807, 2.05) is 72.8 Å². The number of aromatic nitrogens is 2. The van der Waals surface area contributed by atoms with Crippen molar-refractivity contribution in [2.75, 3.05) is 0 Å². The Morgan fingerprint density at radius 1 is 0.607 bits per heavy atom. The number of hydrogen-bond acceptors (Lipinski definition) is 0. The summed E-state index contributed by atoms with van der Waals surface area (Å²) >= 11 is 0. The van der Waals surface area contributed by atoms with Gasteiger partial charge >= 0.3 is 0 Å². The van der Waals surface area contributed by atoms with Crippen molar-refractivity contribution in [2.24, 2.45) is 6.98 Å². The summed E-state index contributed by atoms with van der Waals surface area (Å²) < 4.78 is 51.2. The fourth-order valence-corrected chi connectivity index (χ4v) is 4.35. The smallest absolute Gasteiger partial charge is 0.0541 e. The van der Waals surface area contributed by atoms with Gasteiger partial charge in [0.15, 0.2) is 0 Å². The van der Waals surface area contributed by atoms with Gasteiger partial charge in [0.05, 0.1) is 11.0 Å². The molecule has 4 aromatic carbocycles. The van der Waals surface area contributed by atoms with Crippen molar-refractivity contribution in [3.8, 4) is 5.69 Å². The second-order valence-electron chi connectivity index (χ2n) is 7.14. The zero-order valence-electron chi connectivity index (χ0n) is 21.0. The average molecular weight is 366 g/mol. The van der Waals surface area contributed by atoms with Crippen LogP contribution in [0.4, 0.5) is 0 Å². The summed E-state index contributed by atoms with van der Waals surface area (Å²) in [6.45, 7) is -4.49. The van der Waals surface area contributed by atoms with E-state index in [-0.39, 0.29) is 0 Å². The molecule has 0 unspecified atom stereocenters. The van der Waals surface area contributed by atoms with Gasteiger partial charge in [-0.25, -0.2) is 0 Å². The van der Waals surface area contributed by atoms with E-state index in [0.717, 1.165) is 38.3 Å². The maximum absolute atomic E-state index is 8.08. The van der Waals surface area contributed by atoms with Crippen molar-refractivity contribution in [1.82, 2.24) is 9.13 Å². The normalized spacial score (nSPS) is 16.0. The second-order valence-corrected chi connectivity index (χ2v) is 7.14. The summed E-state index contributed by atoms with van der Waals surface area (Å²) in [5.41, 5.74) is 4.36. The lowest BCUT2D eigenvalue weighted by molar-refractivity contribution is 1.01. The van der Waals surface area contributed by atoms with Crippen LogP contribution in [0.15, 0.2) is 84.9 Å². The molecule has 0 spiro atoms. The van der Waals surface area contributed by atoms with Gasteiger partial charge in [0.1, 0.15) is 0 Å².